The molecule has 1 aromatic rings. The molecule has 4 heteroatoms. The summed E-state index contributed by atoms with van der Waals surface area (Å²) in [5.41, 5.74) is 0.268. The van der Waals surface area contributed by atoms with Crippen LogP contribution >= 0.6 is 22.9 Å². The van der Waals surface area contributed by atoms with Crippen LogP contribution < -0.4 is 5.32 Å². The zero-order chi connectivity index (χ0) is 14.9. The van der Waals surface area contributed by atoms with Crippen LogP contribution in [-0.2, 0) is 11.2 Å². The Morgan fingerprint density at radius 2 is 2.24 bits per heavy atom. The van der Waals surface area contributed by atoms with Crippen LogP contribution in [0.25, 0.3) is 0 Å². The number of thiophene rings is 1. The monoisotopic (exact) mass is 327 g/mol. The fourth-order valence-electron chi connectivity index (χ4n) is 3.59. The maximum atomic E-state index is 6.16. The van der Waals surface area contributed by atoms with Crippen molar-refractivity contribution in [2.45, 2.75) is 45.6 Å². The zero-order valence-electron chi connectivity index (χ0n) is 13.0. The van der Waals surface area contributed by atoms with Gasteiger partial charge in [-0.1, -0.05) is 25.4 Å². The van der Waals surface area contributed by atoms with Crippen molar-refractivity contribution in [2.24, 2.45) is 17.3 Å². The lowest BCUT2D eigenvalue weighted by Crippen LogP contribution is -2.44. The highest BCUT2D eigenvalue weighted by atomic mass is 35.5. The summed E-state index contributed by atoms with van der Waals surface area (Å²) in [5, 5.41) is 3.70. The fraction of sp³-hybridized carbons (Fsp3) is 0.765. The topological polar surface area (TPSA) is 21.3 Å². The van der Waals surface area contributed by atoms with Crippen LogP contribution in [0.15, 0.2) is 12.1 Å². The molecule has 0 amide bonds. The molecule has 1 saturated carbocycles. The van der Waals surface area contributed by atoms with Crippen molar-refractivity contribution >= 4 is 22.9 Å². The van der Waals surface area contributed by atoms with Gasteiger partial charge in [-0.25, -0.2) is 0 Å². The predicted octanol–water partition coefficient (Wildman–Crippen LogP) is 4.37. The van der Waals surface area contributed by atoms with Crippen molar-refractivity contribution in [3.8, 4) is 0 Å². The Labute approximate surface area is 137 Å². The van der Waals surface area contributed by atoms with E-state index in [1.807, 2.05) is 6.07 Å². The summed E-state index contributed by atoms with van der Waals surface area (Å²) in [7, 11) is 0. The molecule has 2 unspecified atom stereocenters. The van der Waals surface area contributed by atoms with Crippen LogP contribution in [-0.4, -0.2) is 25.8 Å². The molecule has 0 radical (unpaired) electrons. The van der Waals surface area contributed by atoms with Crippen LogP contribution in [0.3, 0.4) is 0 Å². The third-order valence-electron chi connectivity index (χ3n) is 4.74. The van der Waals surface area contributed by atoms with Gasteiger partial charge >= 0.3 is 0 Å². The van der Waals surface area contributed by atoms with Gasteiger partial charge in [0, 0.05) is 23.4 Å². The second kappa shape index (κ2) is 6.57. The molecule has 1 aliphatic carbocycles. The molecule has 1 N–H and O–H groups in total. The van der Waals surface area contributed by atoms with Crippen LogP contribution in [0.1, 0.15) is 38.0 Å². The Morgan fingerprint density at radius 3 is 2.86 bits per heavy atom. The highest BCUT2D eigenvalue weighted by Gasteiger charge is 2.50. The molecule has 0 aromatic carbocycles. The lowest BCUT2D eigenvalue weighted by Gasteiger charge is -2.35. The van der Waals surface area contributed by atoms with E-state index in [9.17, 15) is 0 Å². The number of ether oxygens (including phenoxy) is 1. The minimum Gasteiger partial charge on any atom is -0.377 e. The molecular formula is C17H26ClNOS. The normalized spacial score (nSPS) is 29.4. The van der Waals surface area contributed by atoms with Gasteiger partial charge < -0.3 is 10.1 Å². The molecule has 21 heavy (non-hydrogen) atoms. The molecule has 2 heterocycles. The summed E-state index contributed by atoms with van der Waals surface area (Å²) in [4.78, 5) is 1.41. The molecule has 1 aromatic heterocycles. The fourth-order valence-corrected chi connectivity index (χ4v) is 4.83. The minimum absolute atomic E-state index is 0.268. The maximum absolute atomic E-state index is 6.16. The Bertz CT molecular complexity index is 471. The lowest BCUT2D eigenvalue weighted by atomic mass is 9.75. The number of hydrogen-bond acceptors (Lipinski definition) is 3. The third-order valence-corrected chi connectivity index (χ3v) is 5.97. The quantitative estimate of drug-likeness (QED) is 0.802. The van der Waals surface area contributed by atoms with E-state index in [-0.39, 0.29) is 5.41 Å². The Hall–Kier alpha value is -0.0900. The molecule has 3 rings (SSSR count). The van der Waals surface area contributed by atoms with Crippen molar-refractivity contribution < 1.29 is 4.74 Å². The summed E-state index contributed by atoms with van der Waals surface area (Å²) >= 11 is 7.85. The first kappa shape index (κ1) is 15.8. The van der Waals surface area contributed by atoms with E-state index in [1.54, 1.807) is 11.3 Å². The van der Waals surface area contributed by atoms with Crippen LogP contribution in [0.4, 0.5) is 0 Å². The van der Waals surface area contributed by atoms with E-state index in [0.717, 1.165) is 36.4 Å². The average molecular weight is 328 g/mol. The van der Waals surface area contributed by atoms with Crippen LogP contribution in [0.2, 0.25) is 4.34 Å². The van der Waals surface area contributed by atoms with Gasteiger partial charge in [0.05, 0.1) is 10.4 Å². The molecule has 1 aliphatic heterocycles. The number of rotatable bonds is 7. The predicted molar refractivity (Wildman–Crippen MR) is 90.3 cm³/mol. The first-order valence-corrected chi connectivity index (χ1v) is 9.35. The molecule has 2 nitrogen and oxygen atoms in total. The maximum Gasteiger partial charge on any atom is 0.0931 e. The Morgan fingerprint density at radius 1 is 1.43 bits per heavy atom. The largest absolute Gasteiger partial charge is 0.377 e. The Kier molecular flexibility index (Phi) is 4.94. The van der Waals surface area contributed by atoms with Gasteiger partial charge in [-0.2, -0.15) is 0 Å². The van der Waals surface area contributed by atoms with E-state index < -0.39 is 0 Å². The summed E-state index contributed by atoms with van der Waals surface area (Å²) in [5.74, 6) is 1.49. The van der Waals surface area contributed by atoms with E-state index in [2.05, 4.69) is 25.2 Å². The van der Waals surface area contributed by atoms with Gasteiger partial charge in [0.2, 0.25) is 0 Å². The second-order valence-corrected chi connectivity index (χ2v) is 8.95. The van der Waals surface area contributed by atoms with Crippen molar-refractivity contribution in [3.05, 3.63) is 21.3 Å². The van der Waals surface area contributed by atoms with Gasteiger partial charge in [0.25, 0.3) is 0 Å². The third kappa shape index (κ3) is 3.82. The summed E-state index contributed by atoms with van der Waals surface area (Å²) < 4.78 is 7.06. The van der Waals surface area contributed by atoms with E-state index in [1.165, 1.54) is 24.1 Å². The van der Waals surface area contributed by atoms with Gasteiger partial charge in [-0.05, 0) is 56.2 Å². The molecule has 2 aliphatic rings. The van der Waals surface area contributed by atoms with Gasteiger partial charge in [-0.3, -0.25) is 0 Å². The molecule has 0 spiro atoms. The van der Waals surface area contributed by atoms with Crippen molar-refractivity contribution in [1.29, 1.82) is 0 Å². The number of halogens is 1. The number of hydrogen-bond donors (Lipinski definition) is 1. The first-order chi connectivity index (χ1) is 10.1. The SMILES string of the molecule is CC(C)CNCC1(Cc2ccc(Cl)s2)CCOC1C1CC1. The Balaban J connectivity index is 1.73. The lowest BCUT2D eigenvalue weighted by molar-refractivity contribution is 0.0307. The van der Waals surface area contributed by atoms with Crippen LogP contribution in [0.5, 0.6) is 0 Å². The van der Waals surface area contributed by atoms with Gasteiger partial charge in [-0.15, -0.1) is 11.3 Å². The van der Waals surface area contributed by atoms with E-state index in [0.29, 0.717) is 12.0 Å². The summed E-state index contributed by atoms with van der Waals surface area (Å²) in [6.45, 7) is 7.61. The molecule has 1 saturated heterocycles. The van der Waals surface area contributed by atoms with Crippen LogP contribution in [0, 0.1) is 17.3 Å². The molecule has 0 bridgehead atoms. The van der Waals surface area contributed by atoms with Crippen molar-refractivity contribution in [1.82, 2.24) is 5.32 Å². The number of nitrogens with one attached hydrogen (secondary N) is 1. The standard InChI is InChI=1S/C17H26ClNOS/c1-12(2)10-19-11-17(9-14-5-6-15(18)21-14)7-8-20-16(17)13-3-4-13/h5-6,12-13,16,19H,3-4,7-11H2,1-2H3. The molecule has 2 fully saturated rings. The second-order valence-electron chi connectivity index (χ2n) is 7.15. The minimum atomic E-state index is 0.268. The molecular weight excluding hydrogens is 302 g/mol. The molecule has 2 atom stereocenters. The highest BCUT2D eigenvalue weighted by molar-refractivity contribution is 7.16. The average Bonchev–Trinajstić information content (AvgIpc) is 3.06. The zero-order valence-corrected chi connectivity index (χ0v) is 14.6. The van der Waals surface area contributed by atoms with E-state index >= 15 is 0 Å². The van der Waals surface area contributed by atoms with Crippen molar-refractivity contribution in [3.63, 3.8) is 0 Å². The van der Waals surface area contributed by atoms with Crippen molar-refractivity contribution in [2.75, 3.05) is 19.7 Å². The van der Waals surface area contributed by atoms with E-state index in [4.69, 9.17) is 16.3 Å². The molecule has 118 valence electrons. The van der Waals surface area contributed by atoms with Gasteiger partial charge in [0.15, 0.2) is 0 Å². The summed E-state index contributed by atoms with van der Waals surface area (Å²) in [6, 6.07) is 4.22. The van der Waals surface area contributed by atoms with Gasteiger partial charge in [0.1, 0.15) is 0 Å². The highest BCUT2D eigenvalue weighted by Crippen LogP contribution is 2.49. The smallest absolute Gasteiger partial charge is 0.0931 e. The first-order valence-electron chi connectivity index (χ1n) is 8.16. The summed E-state index contributed by atoms with van der Waals surface area (Å²) in [6.07, 6.45) is 5.42.